The van der Waals surface area contributed by atoms with Gasteiger partial charge in [-0.05, 0) is 37.5 Å². The van der Waals surface area contributed by atoms with Gasteiger partial charge in [0.25, 0.3) is 0 Å². The first-order valence-electron chi connectivity index (χ1n) is 5.16. The fourth-order valence-corrected chi connectivity index (χ4v) is 2.05. The third-order valence-electron chi connectivity index (χ3n) is 2.82. The average Bonchev–Trinajstić information content (AvgIpc) is 2.01. The Hall–Kier alpha value is -1.03. The van der Waals surface area contributed by atoms with Crippen LogP contribution in [0.2, 0.25) is 0 Å². The van der Waals surface area contributed by atoms with E-state index >= 15 is 0 Å². The highest BCUT2D eigenvalue weighted by atomic mass is 16.1. The molecule has 0 aliphatic heterocycles. The second-order valence-electron chi connectivity index (χ2n) is 4.70. The molecule has 76 valence electrons. The number of hydrogen-bond donors (Lipinski definition) is 0. The molecular weight excluding hydrogens is 172 g/mol. The second-order valence-corrected chi connectivity index (χ2v) is 4.70. The highest BCUT2D eigenvalue weighted by Gasteiger charge is 2.27. The summed E-state index contributed by atoms with van der Waals surface area (Å²) in [5.74, 6) is 5.65. The lowest BCUT2D eigenvalue weighted by Gasteiger charge is -2.31. The van der Waals surface area contributed by atoms with E-state index in [2.05, 4.69) is 32.6 Å². The molecule has 0 N–H and O–H groups in total. The number of ketones is 1. The molecule has 0 bridgehead atoms. The number of hydrogen-bond acceptors (Lipinski definition) is 1. The SMILES string of the molecule is CC(=O)C#CC1=C(C)CCCC1(C)C. The maximum absolute atomic E-state index is 10.8. The van der Waals surface area contributed by atoms with E-state index in [4.69, 9.17) is 0 Å². The topological polar surface area (TPSA) is 17.1 Å². The summed E-state index contributed by atoms with van der Waals surface area (Å²) >= 11 is 0. The van der Waals surface area contributed by atoms with Gasteiger partial charge < -0.3 is 0 Å². The van der Waals surface area contributed by atoms with Crippen LogP contribution < -0.4 is 0 Å². The molecule has 0 aromatic carbocycles. The summed E-state index contributed by atoms with van der Waals surface area (Å²) in [4.78, 5) is 10.8. The predicted octanol–water partition coefficient (Wildman–Crippen LogP) is 3.11. The minimum atomic E-state index is -0.0494. The first-order valence-corrected chi connectivity index (χ1v) is 5.16. The molecule has 1 rings (SSSR count). The first kappa shape index (κ1) is 11.0. The summed E-state index contributed by atoms with van der Waals surface area (Å²) in [7, 11) is 0. The molecule has 1 nitrogen and oxygen atoms in total. The molecule has 1 heteroatoms. The molecule has 0 atom stereocenters. The van der Waals surface area contributed by atoms with Crippen LogP contribution in [0, 0.1) is 17.3 Å². The third kappa shape index (κ3) is 2.48. The van der Waals surface area contributed by atoms with E-state index in [0.29, 0.717) is 0 Å². The molecule has 0 spiro atoms. The minimum Gasteiger partial charge on any atom is -0.285 e. The van der Waals surface area contributed by atoms with Gasteiger partial charge in [0.1, 0.15) is 0 Å². The Labute approximate surface area is 86.6 Å². The zero-order chi connectivity index (χ0) is 10.8. The Balaban J connectivity index is 3.04. The van der Waals surface area contributed by atoms with Crippen molar-refractivity contribution >= 4 is 5.78 Å². The van der Waals surface area contributed by atoms with E-state index in [1.807, 2.05) is 0 Å². The van der Waals surface area contributed by atoms with Crippen LogP contribution in [0.3, 0.4) is 0 Å². The van der Waals surface area contributed by atoms with Crippen LogP contribution >= 0.6 is 0 Å². The summed E-state index contributed by atoms with van der Waals surface area (Å²) in [6.07, 6.45) is 3.54. The lowest BCUT2D eigenvalue weighted by Crippen LogP contribution is -2.19. The summed E-state index contributed by atoms with van der Waals surface area (Å²) in [6, 6.07) is 0. The zero-order valence-corrected chi connectivity index (χ0v) is 9.53. The van der Waals surface area contributed by atoms with Gasteiger partial charge in [0.15, 0.2) is 0 Å². The Morgan fingerprint density at radius 1 is 1.43 bits per heavy atom. The highest BCUT2D eigenvalue weighted by molar-refractivity contribution is 5.93. The van der Waals surface area contributed by atoms with Crippen LogP contribution in [-0.2, 0) is 4.79 Å². The molecule has 1 aliphatic carbocycles. The van der Waals surface area contributed by atoms with Crippen molar-refractivity contribution in [3.63, 3.8) is 0 Å². The average molecular weight is 190 g/mol. The molecular formula is C13H18O. The molecule has 0 radical (unpaired) electrons. The molecule has 0 aromatic rings. The highest BCUT2D eigenvalue weighted by Crippen LogP contribution is 2.39. The van der Waals surface area contributed by atoms with Gasteiger partial charge in [0, 0.05) is 12.5 Å². The van der Waals surface area contributed by atoms with Crippen molar-refractivity contribution in [3.8, 4) is 11.8 Å². The number of Topliss-reactive ketones (excluding diaryl/α,β-unsaturated/α-hetero) is 1. The van der Waals surface area contributed by atoms with E-state index in [9.17, 15) is 4.79 Å². The van der Waals surface area contributed by atoms with Crippen molar-refractivity contribution in [3.05, 3.63) is 11.1 Å². The van der Waals surface area contributed by atoms with Crippen molar-refractivity contribution in [1.29, 1.82) is 0 Å². The van der Waals surface area contributed by atoms with Crippen molar-refractivity contribution in [2.24, 2.45) is 5.41 Å². The standard InChI is InChI=1S/C13H18O/c1-10-6-5-9-13(3,4)12(10)8-7-11(2)14/h5-6,9H2,1-4H3. The van der Waals surface area contributed by atoms with Gasteiger partial charge >= 0.3 is 0 Å². The summed E-state index contributed by atoms with van der Waals surface area (Å²) in [6.45, 7) is 8.06. The molecule has 1 aliphatic rings. The van der Waals surface area contributed by atoms with Gasteiger partial charge in [-0.2, -0.15) is 0 Å². The molecule has 0 unspecified atom stereocenters. The fraction of sp³-hybridized carbons (Fsp3) is 0.615. The molecule has 0 aromatic heterocycles. The maximum atomic E-state index is 10.8. The van der Waals surface area contributed by atoms with Gasteiger partial charge in [-0.1, -0.05) is 25.3 Å². The lowest BCUT2D eigenvalue weighted by molar-refractivity contribution is -0.111. The van der Waals surface area contributed by atoms with Gasteiger partial charge in [-0.25, -0.2) is 0 Å². The number of allylic oxidation sites excluding steroid dienone is 2. The second kappa shape index (κ2) is 4.00. The summed E-state index contributed by atoms with van der Waals surface area (Å²) in [5.41, 5.74) is 2.69. The molecule has 0 fully saturated rings. The summed E-state index contributed by atoms with van der Waals surface area (Å²) in [5, 5.41) is 0. The summed E-state index contributed by atoms with van der Waals surface area (Å²) < 4.78 is 0. The third-order valence-corrected chi connectivity index (χ3v) is 2.82. The maximum Gasteiger partial charge on any atom is 0.202 e. The Morgan fingerprint density at radius 3 is 2.57 bits per heavy atom. The fourth-order valence-electron chi connectivity index (χ4n) is 2.05. The van der Waals surface area contributed by atoms with Crippen molar-refractivity contribution in [1.82, 2.24) is 0 Å². The molecule has 14 heavy (non-hydrogen) atoms. The number of rotatable bonds is 0. The molecule has 0 saturated carbocycles. The van der Waals surface area contributed by atoms with Crippen LogP contribution in [0.1, 0.15) is 47.0 Å². The van der Waals surface area contributed by atoms with Crippen LogP contribution in [0.15, 0.2) is 11.1 Å². The largest absolute Gasteiger partial charge is 0.285 e. The quantitative estimate of drug-likeness (QED) is 0.424. The van der Waals surface area contributed by atoms with E-state index in [1.165, 1.54) is 30.9 Å². The normalized spacial score (nSPS) is 20.0. The Kier molecular flexibility index (Phi) is 3.16. The molecule has 0 saturated heterocycles. The lowest BCUT2D eigenvalue weighted by atomic mass is 9.73. The minimum absolute atomic E-state index is 0.0494. The predicted molar refractivity (Wildman–Crippen MR) is 58.8 cm³/mol. The van der Waals surface area contributed by atoms with Crippen molar-refractivity contribution in [2.45, 2.75) is 47.0 Å². The van der Waals surface area contributed by atoms with E-state index in [-0.39, 0.29) is 11.2 Å². The van der Waals surface area contributed by atoms with E-state index in [1.54, 1.807) is 0 Å². The van der Waals surface area contributed by atoms with Crippen LogP contribution in [0.4, 0.5) is 0 Å². The first-order chi connectivity index (χ1) is 6.43. The van der Waals surface area contributed by atoms with Gasteiger partial charge in [-0.15, -0.1) is 0 Å². The van der Waals surface area contributed by atoms with Gasteiger partial charge in [0.2, 0.25) is 5.78 Å². The zero-order valence-electron chi connectivity index (χ0n) is 9.53. The Morgan fingerprint density at radius 2 is 2.07 bits per heavy atom. The Bertz CT molecular complexity index is 334. The van der Waals surface area contributed by atoms with Gasteiger partial charge in [-0.3, -0.25) is 4.79 Å². The van der Waals surface area contributed by atoms with Crippen LogP contribution in [-0.4, -0.2) is 5.78 Å². The van der Waals surface area contributed by atoms with Crippen LogP contribution in [0.25, 0.3) is 0 Å². The molecule has 0 amide bonds. The number of carbonyl (C=O) groups is 1. The van der Waals surface area contributed by atoms with Gasteiger partial charge in [0.05, 0.1) is 0 Å². The van der Waals surface area contributed by atoms with E-state index in [0.717, 1.165) is 6.42 Å². The number of carbonyl (C=O) groups excluding carboxylic acids is 1. The van der Waals surface area contributed by atoms with Crippen molar-refractivity contribution < 1.29 is 4.79 Å². The molecule has 0 heterocycles. The van der Waals surface area contributed by atoms with Crippen molar-refractivity contribution in [2.75, 3.05) is 0 Å². The van der Waals surface area contributed by atoms with E-state index < -0.39 is 0 Å². The smallest absolute Gasteiger partial charge is 0.202 e. The monoisotopic (exact) mass is 190 g/mol. The van der Waals surface area contributed by atoms with Crippen LogP contribution in [0.5, 0.6) is 0 Å².